The molecule has 14 heavy (non-hydrogen) atoms. The summed E-state index contributed by atoms with van der Waals surface area (Å²) in [5, 5.41) is 2.83. The summed E-state index contributed by atoms with van der Waals surface area (Å²) in [6.45, 7) is 1.94. The van der Waals surface area contributed by atoms with E-state index in [1.807, 2.05) is 13.0 Å². The van der Waals surface area contributed by atoms with Crippen molar-refractivity contribution in [3.63, 3.8) is 0 Å². The van der Waals surface area contributed by atoms with Gasteiger partial charge in [0.2, 0.25) is 5.91 Å². The fraction of sp³-hybridized carbons (Fsp3) is 0.400. The number of rotatable bonds is 0. The third kappa shape index (κ3) is 1.80. The molecule has 4 heteroatoms. The number of nitrogens with zero attached hydrogens (tertiary/aromatic N) is 1. The molecule has 0 saturated heterocycles. The first-order valence-electron chi connectivity index (χ1n) is 4.62. The summed E-state index contributed by atoms with van der Waals surface area (Å²) in [6.07, 6.45) is 3.49. The lowest BCUT2D eigenvalue weighted by Gasteiger charge is -2.05. The molecule has 0 aliphatic carbocycles. The van der Waals surface area contributed by atoms with Gasteiger partial charge in [0.05, 0.1) is 0 Å². The van der Waals surface area contributed by atoms with Crippen LogP contribution in [0.3, 0.4) is 0 Å². The molecule has 1 aliphatic heterocycles. The molecule has 0 radical (unpaired) electrons. The van der Waals surface area contributed by atoms with Gasteiger partial charge in [-0.3, -0.25) is 4.79 Å². The van der Waals surface area contributed by atoms with Gasteiger partial charge in [0.1, 0.15) is 5.82 Å². The van der Waals surface area contributed by atoms with Gasteiger partial charge in [-0.25, -0.2) is 4.98 Å². The molecular formula is C10H11BrN2O. The van der Waals surface area contributed by atoms with Crippen molar-refractivity contribution < 1.29 is 4.79 Å². The van der Waals surface area contributed by atoms with Crippen molar-refractivity contribution in [1.29, 1.82) is 0 Å². The molecular weight excluding hydrogens is 244 g/mol. The van der Waals surface area contributed by atoms with Gasteiger partial charge in [-0.2, -0.15) is 0 Å². The zero-order valence-corrected chi connectivity index (χ0v) is 9.47. The zero-order chi connectivity index (χ0) is 10.1. The normalized spacial score (nSPS) is 21.0. The van der Waals surface area contributed by atoms with Crippen LogP contribution in [0.25, 0.3) is 0 Å². The fourth-order valence-corrected chi connectivity index (χ4v) is 1.91. The van der Waals surface area contributed by atoms with Crippen molar-refractivity contribution in [2.75, 3.05) is 5.32 Å². The average Bonchev–Trinajstić information content (AvgIpc) is 2.29. The molecule has 0 aromatic carbocycles. The minimum absolute atomic E-state index is 0.0681. The van der Waals surface area contributed by atoms with E-state index in [9.17, 15) is 4.79 Å². The summed E-state index contributed by atoms with van der Waals surface area (Å²) in [5.74, 6) is 0.851. The van der Waals surface area contributed by atoms with E-state index in [1.165, 1.54) is 0 Å². The second-order valence-electron chi connectivity index (χ2n) is 3.59. The number of pyridine rings is 1. The van der Waals surface area contributed by atoms with Crippen LogP contribution >= 0.6 is 15.9 Å². The smallest absolute Gasteiger partial charge is 0.228 e. The number of hydrogen-bond acceptors (Lipinski definition) is 2. The van der Waals surface area contributed by atoms with Crippen molar-refractivity contribution in [2.45, 2.75) is 19.8 Å². The highest BCUT2D eigenvalue weighted by molar-refractivity contribution is 9.10. The fourth-order valence-electron chi connectivity index (χ4n) is 1.53. The third-order valence-electron chi connectivity index (χ3n) is 2.47. The average molecular weight is 255 g/mol. The Balaban J connectivity index is 2.37. The largest absolute Gasteiger partial charge is 0.310 e. The number of aryl methyl sites for hydroxylation is 1. The lowest BCUT2D eigenvalue weighted by atomic mass is 10.0. The minimum atomic E-state index is 0.0681. The topological polar surface area (TPSA) is 42.0 Å². The van der Waals surface area contributed by atoms with Gasteiger partial charge in [0.15, 0.2) is 0 Å². The molecule has 1 aromatic rings. The number of amides is 1. The molecule has 0 spiro atoms. The number of nitrogens with one attached hydrogen (secondary N) is 1. The lowest BCUT2D eigenvalue weighted by Crippen LogP contribution is -2.18. The maximum atomic E-state index is 11.5. The monoisotopic (exact) mass is 254 g/mol. The molecule has 2 rings (SSSR count). The van der Waals surface area contributed by atoms with E-state index in [2.05, 4.69) is 26.2 Å². The molecule has 1 N–H and O–H groups in total. The number of aromatic nitrogens is 1. The summed E-state index contributed by atoms with van der Waals surface area (Å²) in [7, 11) is 0. The van der Waals surface area contributed by atoms with E-state index in [0.29, 0.717) is 5.82 Å². The first-order chi connectivity index (χ1) is 6.66. The first-order valence-corrected chi connectivity index (χ1v) is 5.41. The number of halogens is 1. The van der Waals surface area contributed by atoms with E-state index in [0.717, 1.165) is 22.9 Å². The van der Waals surface area contributed by atoms with Crippen LogP contribution in [0.2, 0.25) is 0 Å². The van der Waals surface area contributed by atoms with Crippen LogP contribution < -0.4 is 5.32 Å². The quantitative estimate of drug-likeness (QED) is 0.773. The van der Waals surface area contributed by atoms with Crippen LogP contribution in [-0.4, -0.2) is 10.9 Å². The standard InChI is InChI=1S/C10H11BrN2O/c1-6-2-3-7-4-8(11)5-12-9(7)13-10(6)14/h4-6H,2-3H2,1H3,(H,12,13,14). The van der Waals surface area contributed by atoms with Crippen molar-refractivity contribution in [3.05, 3.63) is 22.3 Å². The Hall–Kier alpha value is -0.900. The highest BCUT2D eigenvalue weighted by Gasteiger charge is 2.20. The van der Waals surface area contributed by atoms with Gasteiger partial charge >= 0.3 is 0 Å². The van der Waals surface area contributed by atoms with Crippen LogP contribution in [0.5, 0.6) is 0 Å². The Morgan fingerprint density at radius 3 is 3.21 bits per heavy atom. The highest BCUT2D eigenvalue weighted by Crippen LogP contribution is 2.24. The Morgan fingerprint density at radius 2 is 2.43 bits per heavy atom. The van der Waals surface area contributed by atoms with Gasteiger partial charge < -0.3 is 5.32 Å². The SMILES string of the molecule is CC1CCc2cc(Br)cnc2NC1=O. The van der Waals surface area contributed by atoms with Crippen molar-refractivity contribution in [3.8, 4) is 0 Å². The van der Waals surface area contributed by atoms with Gasteiger partial charge in [-0.05, 0) is 40.4 Å². The second-order valence-corrected chi connectivity index (χ2v) is 4.51. The number of carbonyl (C=O) groups is 1. The molecule has 1 aromatic heterocycles. The molecule has 1 unspecified atom stereocenters. The van der Waals surface area contributed by atoms with Gasteiger partial charge in [0.25, 0.3) is 0 Å². The third-order valence-corrected chi connectivity index (χ3v) is 2.90. The number of fused-ring (bicyclic) bond motifs is 1. The Labute approximate surface area is 91.0 Å². The van der Waals surface area contributed by atoms with Crippen molar-refractivity contribution in [2.24, 2.45) is 5.92 Å². The zero-order valence-electron chi connectivity index (χ0n) is 7.88. The van der Waals surface area contributed by atoms with Crippen LogP contribution in [0.1, 0.15) is 18.9 Å². The molecule has 74 valence electrons. The highest BCUT2D eigenvalue weighted by atomic mass is 79.9. The Kier molecular flexibility index (Phi) is 2.54. The number of carbonyl (C=O) groups excluding carboxylic acids is 1. The summed E-state index contributed by atoms with van der Waals surface area (Å²) in [5.41, 5.74) is 1.11. The molecule has 0 bridgehead atoms. The molecule has 1 atom stereocenters. The summed E-state index contributed by atoms with van der Waals surface area (Å²) >= 11 is 3.37. The van der Waals surface area contributed by atoms with E-state index >= 15 is 0 Å². The van der Waals surface area contributed by atoms with Crippen LogP contribution in [0, 0.1) is 5.92 Å². The van der Waals surface area contributed by atoms with E-state index in [-0.39, 0.29) is 11.8 Å². The number of anilines is 1. The molecule has 0 saturated carbocycles. The van der Waals surface area contributed by atoms with Crippen LogP contribution in [0.15, 0.2) is 16.7 Å². The van der Waals surface area contributed by atoms with Crippen LogP contribution in [-0.2, 0) is 11.2 Å². The van der Waals surface area contributed by atoms with Crippen LogP contribution in [0.4, 0.5) is 5.82 Å². The van der Waals surface area contributed by atoms with E-state index in [4.69, 9.17) is 0 Å². The maximum absolute atomic E-state index is 11.5. The molecule has 1 aliphatic rings. The molecule has 1 amide bonds. The summed E-state index contributed by atoms with van der Waals surface area (Å²) < 4.78 is 0.958. The predicted octanol–water partition coefficient (Wildman–Crippen LogP) is 2.36. The predicted molar refractivity (Wildman–Crippen MR) is 58.1 cm³/mol. The van der Waals surface area contributed by atoms with Gasteiger partial charge in [-0.15, -0.1) is 0 Å². The number of hydrogen-bond donors (Lipinski definition) is 1. The molecule has 2 heterocycles. The lowest BCUT2D eigenvalue weighted by molar-refractivity contribution is -0.119. The van der Waals surface area contributed by atoms with Crippen molar-refractivity contribution in [1.82, 2.24) is 4.98 Å². The summed E-state index contributed by atoms with van der Waals surface area (Å²) in [6, 6.07) is 2.01. The van der Waals surface area contributed by atoms with E-state index < -0.39 is 0 Å². The maximum Gasteiger partial charge on any atom is 0.228 e. The first kappa shape index (κ1) is 9.65. The van der Waals surface area contributed by atoms with Crippen molar-refractivity contribution >= 4 is 27.7 Å². The summed E-state index contributed by atoms with van der Waals surface area (Å²) in [4.78, 5) is 15.7. The van der Waals surface area contributed by atoms with Gasteiger partial charge in [0, 0.05) is 16.6 Å². The minimum Gasteiger partial charge on any atom is -0.310 e. The molecule has 3 nitrogen and oxygen atoms in total. The Morgan fingerprint density at radius 1 is 1.64 bits per heavy atom. The van der Waals surface area contributed by atoms with Gasteiger partial charge in [-0.1, -0.05) is 6.92 Å². The van der Waals surface area contributed by atoms with E-state index in [1.54, 1.807) is 6.20 Å². The molecule has 0 fully saturated rings. The second kappa shape index (κ2) is 3.69. The Bertz CT molecular complexity index is 378.